The molecule has 1 heterocycles. The third-order valence-electron chi connectivity index (χ3n) is 2.42. The molecule has 0 fully saturated rings. The summed E-state index contributed by atoms with van der Waals surface area (Å²) in [5, 5.41) is 3.55. The van der Waals surface area contributed by atoms with Gasteiger partial charge in [0.2, 0.25) is 0 Å². The van der Waals surface area contributed by atoms with Crippen LogP contribution in [0.4, 0.5) is 11.5 Å². The monoisotopic (exact) mass is 374 g/mol. The summed E-state index contributed by atoms with van der Waals surface area (Å²) in [6.07, 6.45) is 1.38. The first-order chi connectivity index (χ1) is 9.51. The maximum absolute atomic E-state index is 12.1. The number of halogens is 3. The second-order valence-electron chi connectivity index (χ2n) is 3.78. The summed E-state index contributed by atoms with van der Waals surface area (Å²) >= 11 is 15.1. The quantitative estimate of drug-likeness (QED) is 0.564. The number of carbonyl (C=O) groups excluding carboxylic acids is 1. The van der Waals surface area contributed by atoms with Crippen LogP contribution >= 0.6 is 39.1 Å². The van der Waals surface area contributed by atoms with Gasteiger partial charge in [-0.15, -0.1) is 0 Å². The number of nitrogen functional groups attached to an aromatic ring is 1. The molecule has 1 amide bonds. The minimum absolute atomic E-state index is 0.260. The van der Waals surface area contributed by atoms with Crippen LogP contribution in [0.2, 0.25) is 10.0 Å². The molecule has 0 unspecified atom stereocenters. The largest absolute Gasteiger partial charge is 0.321 e. The number of hydrogen-bond acceptors (Lipinski definition) is 4. The summed E-state index contributed by atoms with van der Waals surface area (Å²) < 4.78 is 0.678. The van der Waals surface area contributed by atoms with E-state index in [1.165, 1.54) is 12.3 Å². The highest BCUT2D eigenvalue weighted by molar-refractivity contribution is 9.10. The van der Waals surface area contributed by atoms with E-state index in [1.54, 1.807) is 18.2 Å². The topological polar surface area (TPSA) is 80.0 Å². The zero-order valence-electron chi connectivity index (χ0n) is 9.95. The minimum atomic E-state index is -0.342. The van der Waals surface area contributed by atoms with E-state index in [4.69, 9.17) is 29.0 Å². The minimum Gasteiger partial charge on any atom is -0.321 e. The van der Waals surface area contributed by atoms with Crippen LogP contribution in [0.5, 0.6) is 0 Å². The Bertz CT molecular complexity index is 666. The van der Waals surface area contributed by atoms with Crippen LogP contribution in [-0.2, 0) is 0 Å². The molecule has 2 aromatic rings. The van der Waals surface area contributed by atoms with Crippen LogP contribution in [0.3, 0.4) is 0 Å². The van der Waals surface area contributed by atoms with Crippen molar-refractivity contribution in [1.82, 2.24) is 4.98 Å². The molecule has 0 radical (unpaired) electrons. The van der Waals surface area contributed by atoms with Gasteiger partial charge in [0.05, 0.1) is 16.3 Å². The first-order valence-corrected chi connectivity index (χ1v) is 6.94. The van der Waals surface area contributed by atoms with Crippen LogP contribution in [0.15, 0.2) is 34.9 Å². The van der Waals surface area contributed by atoms with Crippen LogP contribution in [0, 0.1) is 0 Å². The molecule has 0 aliphatic rings. The van der Waals surface area contributed by atoms with Crippen molar-refractivity contribution in [3.05, 3.63) is 50.5 Å². The highest BCUT2D eigenvalue weighted by Gasteiger charge is 2.11. The van der Waals surface area contributed by atoms with Crippen LogP contribution in [0.25, 0.3) is 0 Å². The lowest BCUT2D eigenvalue weighted by Crippen LogP contribution is -2.14. The summed E-state index contributed by atoms with van der Waals surface area (Å²) in [6, 6.07) is 6.52. The van der Waals surface area contributed by atoms with Crippen LogP contribution < -0.4 is 16.6 Å². The number of hydrogen-bond donors (Lipinski definition) is 3. The maximum Gasteiger partial charge on any atom is 0.257 e. The molecule has 0 aliphatic heterocycles. The Balaban J connectivity index is 2.21. The fourth-order valence-corrected chi connectivity index (χ4v) is 2.46. The van der Waals surface area contributed by atoms with E-state index in [0.29, 0.717) is 26.6 Å². The highest BCUT2D eigenvalue weighted by atomic mass is 79.9. The van der Waals surface area contributed by atoms with Gasteiger partial charge in [-0.3, -0.25) is 4.79 Å². The van der Waals surface area contributed by atoms with Gasteiger partial charge in [-0.25, -0.2) is 10.8 Å². The van der Waals surface area contributed by atoms with Crippen molar-refractivity contribution in [3.8, 4) is 0 Å². The fraction of sp³-hybridized carbons (Fsp3) is 0. The highest BCUT2D eigenvalue weighted by Crippen LogP contribution is 2.26. The van der Waals surface area contributed by atoms with Gasteiger partial charge < -0.3 is 10.7 Å². The number of nitrogens with zero attached hydrogens (tertiary/aromatic N) is 1. The Labute approximate surface area is 133 Å². The first kappa shape index (κ1) is 15.1. The van der Waals surface area contributed by atoms with E-state index in [-0.39, 0.29) is 10.9 Å². The molecule has 0 saturated heterocycles. The Hall–Kier alpha value is -1.34. The number of hydrazine groups is 1. The Kier molecular flexibility index (Phi) is 4.82. The van der Waals surface area contributed by atoms with Crippen molar-refractivity contribution in [2.24, 2.45) is 5.84 Å². The summed E-state index contributed by atoms with van der Waals surface area (Å²) in [4.78, 5) is 16.0. The van der Waals surface area contributed by atoms with Crippen molar-refractivity contribution < 1.29 is 4.79 Å². The molecular formula is C12H9BrCl2N4O. The third-order valence-corrected chi connectivity index (χ3v) is 3.60. The normalized spacial score (nSPS) is 10.2. The molecule has 1 aromatic carbocycles. The summed E-state index contributed by atoms with van der Waals surface area (Å²) in [5.74, 6) is 5.18. The molecule has 0 bridgehead atoms. The van der Waals surface area contributed by atoms with Gasteiger partial charge in [0.15, 0.2) is 5.82 Å². The first-order valence-electron chi connectivity index (χ1n) is 5.40. The third kappa shape index (κ3) is 3.40. The van der Waals surface area contributed by atoms with E-state index in [0.717, 1.165) is 0 Å². The number of nitrogens with one attached hydrogen (secondary N) is 2. The standard InChI is InChI=1S/C12H9BrCl2N4O/c13-8-4-7(14)1-2-10(8)18-12(20)6-3-9(15)11(19-16)17-5-6/h1-5H,16H2,(H,17,19)(H,18,20). The average Bonchev–Trinajstić information content (AvgIpc) is 2.41. The Morgan fingerprint density at radius 2 is 2.05 bits per heavy atom. The lowest BCUT2D eigenvalue weighted by molar-refractivity contribution is 0.102. The zero-order chi connectivity index (χ0) is 14.7. The Morgan fingerprint density at radius 3 is 2.65 bits per heavy atom. The zero-order valence-corrected chi connectivity index (χ0v) is 13.1. The maximum atomic E-state index is 12.1. The van der Waals surface area contributed by atoms with Gasteiger partial charge in [-0.1, -0.05) is 23.2 Å². The molecule has 2 rings (SSSR count). The van der Waals surface area contributed by atoms with Crippen molar-refractivity contribution in [2.75, 3.05) is 10.7 Å². The van der Waals surface area contributed by atoms with Gasteiger partial charge in [0.25, 0.3) is 5.91 Å². The number of aromatic nitrogens is 1. The summed E-state index contributed by atoms with van der Waals surface area (Å²) in [7, 11) is 0. The lowest BCUT2D eigenvalue weighted by atomic mass is 10.2. The van der Waals surface area contributed by atoms with Gasteiger partial charge in [-0.05, 0) is 40.2 Å². The molecule has 0 aliphatic carbocycles. The van der Waals surface area contributed by atoms with Gasteiger partial charge in [0, 0.05) is 15.7 Å². The van der Waals surface area contributed by atoms with E-state index in [2.05, 4.69) is 31.7 Å². The second-order valence-corrected chi connectivity index (χ2v) is 5.48. The van der Waals surface area contributed by atoms with Crippen molar-refractivity contribution >= 4 is 56.5 Å². The molecule has 5 nitrogen and oxygen atoms in total. The number of amides is 1. The molecule has 0 spiro atoms. The lowest BCUT2D eigenvalue weighted by Gasteiger charge is -2.09. The molecule has 104 valence electrons. The summed E-state index contributed by atoms with van der Waals surface area (Å²) in [5.41, 5.74) is 3.24. The second kappa shape index (κ2) is 6.41. The van der Waals surface area contributed by atoms with Crippen LogP contribution in [0.1, 0.15) is 10.4 Å². The van der Waals surface area contributed by atoms with Gasteiger partial charge >= 0.3 is 0 Å². The summed E-state index contributed by atoms with van der Waals surface area (Å²) in [6.45, 7) is 0. The van der Waals surface area contributed by atoms with E-state index < -0.39 is 0 Å². The van der Waals surface area contributed by atoms with Crippen molar-refractivity contribution in [3.63, 3.8) is 0 Å². The molecule has 4 N–H and O–H groups in total. The van der Waals surface area contributed by atoms with Crippen molar-refractivity contribution in [1.29, 1.82) is 0 Å². The molecule has 1 aromatic heterocycles. The number of anilines is 2. The fourth-order valence-electron chi connectivity index (χ4n) is 1.45. The number of carbonyl (C=O) groups is 1. The predicted molar refractivity (Wildman–Crippen MR) is 84.2 cm³/mol. The van der Waals surface area contributed by atoms with Crippen LogP contribution in [-0.4, -0.2) is 10.9 Å². The van der Waals surface area contributed by atoms with E-state index in [9.17, 15) is 4.79 Å². The van der Waals surface area contributed by atoms with Crippen molar-refractivity contribution in [2.45, 2.75) is 0 Å². The van der Waals surface area contributed by atoms with E-state index >= 15 is 0 Å². The molecule has 0 saturated carbocycles. The average molecular weight is 376 g/mol. The predicted octanol–water partition coefficient (Wildman–Crippen LogP) is 3.69. The molecule has 20 heavy (non-hydrogen) atoms. The number of pyridine rings is 1. The SMILES string of the molecule is NNc1ncc(C(=O)Nc2ccc(Cl)cc2Br)cc1Cl. The number of benzene rings is 1. The van der Waals surface area contributed by atoms with E-state index in [1.807, 2.05) is 0 Å². The number of rotatable bonds is 3. The molecule has 0 atom stereocenters. The molecular weight excluding hydrogens is 367 g/mol. The smallest absolute Gasteiger partial charge is 0.257 e. The Morgan fingerprint density at radius 1 is 1.30 bits per heavy atom. The number of nitrogens with two attached hydrogens (primary N) is 1. The van der Waals surface area contributed by atoms with Gasteiger partial charge in [0.1, 0.15) is 0 Å². The van der Waals surface area contributed by atoms with Gasteiger partial charge in [-0.2, -0.15) is 0 Å². The molecule has 8 heteroatoms.